The van der Waals surface area contributed by atoms with Gasteiger partial charge in [0.2, 0.25) is 5.91 Å². The van der Waals surface area contributed by atoms with Gasteiger partial charge in [-0.25, -0.2) is 4.39 Å². The minimum Gasteiger partial charge on any atom is -0.467 e. The van der Waals surface area contributed by atoms with Gasteiger partial charge in [-0.05, 0) is 66.9 Å². The summed E-state index contributed by atoms with van der Waals surface area (Å²) in [5.74, 6) is -0.140. The van der Waals surface area contributed by atoms with Crippen molar-refractivity contribution in [2.75, 3.05) is 6.54 Å². The molecule has 0 spiro atoms. The molecule has 0 saturated heterocycles. The van der Waals surface area contributed by atoms with Gasteiger partial charge in [0.05, 0.1) is 12.8 Å². The van der Waals surface area contributed by atoms with Crippen LogP contribution in [0.25, 0.3) is 11.1 Å². The van der Waals surface area contributed by atoms with Crippen LogP contribution in [0.2, 0.25) is 0 Å². The average Bonchev–Trinajstić information content (AvgIpc) is 3.41. The van der Waals surface area contributed by atoms with Crippen LogP contribution in [0.4, 0.5) is 4.39 Å². The Labute approximate surface area is 210 Å². The standard InChI is InChI=1S/C30H29FN2O3/c1-22(2)33(30(35)26-14-12-25(13-15-26)24-7-4-3-5-8-24)21-29(34)32(20-28-9-6-18-36-28)19-23-10-16-27(31)17-11-23/h3-18,22H,19-21H2,1-2H3. The summed E-state index contributed by atoms with van der Waals surface area (Å²) in [6.45, 7) is 4.21. The Bertz CT molecular complexity index is 1270. The molecule has 0 bridgehead atoms. The summed E-state index contributed by atoms with van der Waals surface area (Å²) in [7, 11) is 0. The molecule has 0 fully saturated rings. The van der Waals surface area contributed by atoms with Crippen molar-refractivity contribution in [1.82, 2.24) is 9.80 Å². The Balaban J connectivity index is 1.51. The van der Waals surface area contributed by atoms with Crippen molar-refractivity contribution in [1.29, 1.82) is 0 Å². The number of hydrogen-bond donors (Lipinski definition) is 0. The normalized spacial score (nSPS) is 10.9. The molecule has 4 aromatic rings. The number of nitrogens with zero attached hydrogens (tertiary/aromatic N) is 2. The molecule has 6 heteroatoms. The Hall–Kier alpha value is -4.19. The van der Waals surface area contributed by atoms with Gasteiger partial charge in [0, 0.05) is 18.2 Å². The number of carbonyl (C=O) groups is 2. The van der Waals surface area contributed by atoms with Crippen LogP contribution in [-0.4, -0.2) is 34.2 Å². The monoisotopic (exact) mass is 484 g/mol. The van der Waals surface area contributed by atoms with Crippen molar-refractivity contribution in [3.8, 4) is 11.1 Å². The van der Waals surface area contributed by atoms with Crippen LogP contribution < -0.4 is 0 Å². The van der Waals surface area contributed by atoms with Gasteiger partial charge in [0.25, 0.3) is 5.91 Å². The van der Waals surface area contributed by atoms with Crippen LogP contribution in [0.1, 0.15) is 35.5 Å². The van der Waals surface area contributed by atoms with E-state index in [9.17, 15) is 14.0 Å². The molecule has 5 nitrogen and oxygen atoms in total. The predicted octanol–water partition coefficient (Wildman–Crippen LogP) is 6.17. The third-order valence-corrected chi connectivity index (χ3v) is 5.99. The summed E-state index contributed by atoms with van der Waals surface area (Å²) in [4.78, 5) is 30.0. The molecule has 36 heavy (non-hydrogen) atoms. The highest BCUT2D eigenvalue weighted by molar-refractivity contribution is 5.97. The fraction of sp³-hybridized carbons (Fsp3) is 0.200. The van der Waals surface area contributed by atoms with Gasteiger partial charge in [-0.1, -0.05) is 54.6 Å². The number of amides is 2. The van der Waals surface area contributed by atoms with Crippen LogP contribution in [0.3, 0.4) is 0 Å². The van der Waals surface area contributed by atoms with Crippen molar-refractivity contribution in [3.63, 3.8) is 0 Å². The first-order valence-corrected chi connectivity index (χ1v) is 11.9. The van der Waals surface area contributed by atoms with E-state index in [1.807, 2.05) is 56.3 Å². The lowest BCUT2D eigenvalue weighted by Gasteiger charge is -2.30. The molecule has 1 heterocycles. The van der Waals surface area contributed by atoms with Gasteiger partial charge < -0.3 is 14.2 Å². The fourth-order valence-corrected chi connectivity index (χ4v) is 3.97. The summed E-state index contributed by atoms with van der Waals surface area (Å²) in [6, 6.07) is 26.8. The third kappa shape index (κ3) is 6.27. The van der Waals surface area contributed by atoms with Crippen molar-refractivity contribution < 1.29 is 18.4 Å². The van der Waals surface area contributed by atoms with Gasteiger partial charge in [0.1, 0.15) is 18.1 Å². The van der Waals surface area contributed by atoms with Crippen LogP contribution in [-0.2, 0) is 17.9 Å². The van der Waals surface area contributed by atoms with E-state index in [-0.39, 0.29) is 43.3 Å². The molecule has 0 aliphatic heterocycles. The molecule has 3 aromatic carbocycles. The van der Waals surface area contributed by atoms with Gasteiger partial charge >= 0.3 is 0 Å². The van der Waals surface area contributed by atoms with E-state index in [4.69, 9.17) is 4.42 Å². The number of rotatable bonds is 9. The molecule has 0 saturated carbocycles. The number of furan rings is 1. The molecule has 2 amide bonds. The first-order chi connectivity index (χ1) is 17.4. The quantitative estimate of drug-likeness (QED) is 0.286. The second kappa shape index (κ2) is 11.5. The smallest absolute Gasteiger partial charge is 0.254 e. The first-order valence-electron chi connectivity index (χ1n) is 11.9. The van der Waals surface area contributed by atoms with Gasteiger partial charge in [-0.2, -0.15) is 0 Å². The van der Waals surface area contributed by atoms with E-state index in [1.54, 1.807) is 52.5 Å². The maximum absolute atomic E-state index is 13.4. The lowest BCUT2D eigenvalue weighted by atomic mass is 10.0. The molecule has 0 aliphatic carbocycles. The summed E-state index contributed by atoms with van der Waals surface area (Å²) in [5, 5.41) is 0. The highest BCUT2D eigenvalue weighted by Crippen LogP contribution is 2.21. The highest BCUT2D eigenvalue weighted by Gasteiger charge is 2.25. The Morgan fingerprint density at radius 3 is 2.08 bits per heavy atom. The maximum atomic E-state index is 13.4. The predicted molar refractivity (Wildman–Crippen MR) is 137 cm³/mol. The van der Waals surface area contributed by atoms with E-state index in [0.29, 0.717) is 11.3 Å². The molecule has 0 N–H and O–H groups in total. The zero-order valence-electron chi connectivity index (χ0n) is 20.4. The van der Waals surface area contributed by atoms with E-state index in [1.165, 1.54) is 12.1 Å². The summed E-state index contributed by atoms with van der Waals surface area (Å²) < 4.78 is 18.8. The molecular formula is C30H29FN2O3. The van der Waals surface area contributed by atoms with E-state index >= 15 is 0 Å². The topological polar surface area (TPSA) is 53.8 Å². The fourth-order valence-electron chi connectivity index (χ4n) is 3.97. The van der Waals surface area contributed by atoms with E-state index < -0.39 is 0 Å². The van der Waals surface area contributed by atoms with Crippen molar-refractivity contribution in [2.24, 2.45) is 0 Å². The zero-order chi connectivity index (χ0) is 25.5. The Kier molecular flexibility index (Phi) is 7.95. The molecule has 0 radical (unpaired) electrons. The third-order valence-electron chi connectivity index (χ3n) is 5.99. The molecule has 0 atom stereocenters. The number of halogens is 1. The van der Waals surface area contributed by atoms with Crippen molar-refractivity contribution >= 4 is 11.8 Å². The molecule has 1 aromatic heterocycles. The molecule has 0 unspecified atom stereocenters. The second-order valence-electron chi connectivity index (χ2n) is 8.93. The lowest BCUT2D eigenvalue weighted by Crippen LogP contribution is -2.45. The van der Waals surface area contributed by atoms with Gasteiger partial charge in [0.15, 0.2) is 0 Å². The van der Waals surface area contributed by atoms with Crippen LogP contribution in [0.15, 0.2) is 102 Å². The zero-order valence-corrected chi connectivity index (χ0v) is 20.4. The summed E-state index contributed by atoms with van der Waals surface area (Å²) >= 11 is 0. The average molecular weight is 485 g/mol. The largest absolute Gasteiger partial charge is 0.467 e. The molecule has 0 aliphatic rings. The number of hydrogen-bond acceptors (Lipinski definition) is 3. The highest BCUT2D eigenvalue weighted by atomic mass is 19.1. The Morgan fingerprint density at radius 2 is 1.47 bits per heavy atom. The van der Waals surface area contributed by atoms with Crippen molar-refractivity contribution in [3.05, 3.63) is 120 Å². The van der Waals surface area contributed by atoms with E-state index in [0.717, 1.165) is 16.7 Å². The Morgan fingerprint density at radius 1 is 0.806 bits per heavy atom. The van der Waals surface area contributed by atoms with E-state index in [2.05, 4.69) is 0 Å². The minimum absolute atomic E-state index is 0.0845. The van der Waals surface area contributed by atoms with Gasteiger partial charge in [-0.15, -0.1) is 0 Å². The van der Waals surface area contributed by atoms with Crippen molar-refractivity contribution in [2.45, 2.75) is 33.0 Å². The summed E-state index contributed by atoms with van der Waals surface area (Å²) in [6.07, 6.45) is 1.55. The molecular weight excluding hydrogens is 455 g/mol. The second-order valence-corrected chi connectivity index (χ2v) is 8.93. The SMILES string of the molecule is CC(C)N(CC(=O)N(Cc1ccc(F)cc1)Cc1ccco1)C(=O)c1ccc(-c2ccccc2)cc1. The molecule has 184 valence electrons. The van der Waals surface area contributed by atoms with Crippen LogP contribution in [0, 0.1) is 5.82 Å². The molecule has 4 rings (SSSR count). The van der Waals surface area contributed by atoms with Crippen LogP contribution in [0.5, 0.6) is 0 Å². The van der Waals surface area contributed by atoms with Gasteiger partial charge in [-0.3, -0.25) is 9.59 Å². The summed E-state index contributed by atoms with van der Waals surface area (Å²) in [5.41, 5.74) is 3.40. The number of benzene rings is 3. The maximum Gasteiger partial charge on any atom is 0.254 e. The first kappa shape index (κ1) is 24.9. The minimum atomic E-state index is -0.336. The lowest BCUT2D eigenvalue weighted by molar-refractivity contribution is -0.133. The van der Waals surface area contributed by atoms with Crippen LogP contribution >= 0.6 is 0 Å². The number of carbonyl (C=O) groups excluding carboxylic acids is 2.